The number of nitrogens with one attached hydrogen (secondary N) is 1. The van der Waals surface area contributed by atoms with Gasteiger partial charge in [-0.25, -0.2) is 4.57 Å². The molecule has 0 aromatic rings. The van der Waals surface area contributed by atoms with Gasteiger partial charge in [-0.1, -0.05) is 266 Å². The number of allylic oxidation sites excluding steroid dienone is 15. The molecule has 0 aromatic heterocycles. The minimum Gasteiger partial charge on any atom is -0.456 e. The molecule has 0 fully saturated rings. The number of hydrogen-bond donors (Lipinski definition) is 2. The molecule has 3 unspecified atom stereocenters. The molecule has 0 rings (SSSR count). The number of carbonyl (C=O) groups is 2. The first-order valence-electron chi connectivity index (χ1n) is 33.6. The smallest absolute Gasteiger partial charge is 0.456 e. The van der Waals surface area contributed by atoms with Crippen LogP contribution in [0.1, 0.15) is 290 Å². The molecule has 0 spiro atoms. The van der Waals surface area contributed by atoms with Crippen LogP contribution in [-0.2, 0) is 27.9 Å². The minimum absolute atomic E-state index is 0.0302. The van der Waals surface area contributed by atoms with Gasteiger partial charge in [0.2, 0.25) is 5.91 Å². The third kappa shape index (κ3) is 61.3. The van der Waals surface area contributed by atoms with E-state index in [0.717, 1.165) is 96.3 Å². The summed E-state index contributed by atoms with van der Waals surface area (Å²) in [5.41, 5.74) is 0. The largest absolute Gasteiger partial charge is 0.472 e. The third-order valence-corrected chi connectivity index (χ3v) is 15.5. The van der Waals surface area contributed by atoms with Crippen molar-refractivity contribution in [3.8, 4) is 0 Å². The molecule has 0 bridgehead atoms. The topological polar surface area (TPSA) is 111 Å². The maximum atomic E-state index is 13.5. The van der Waals surface area contributed by atoms with Gasteiger partial charge >= 0.3 is 13.8 Å². The fraction of sp³-hybridized carbons (Fsp3) is 0.746. The number of unbranched alkanes of at least 4 members (excludes halogenated alkanes) is 30. The van der Waals surface area contributed by atoms with Crippen LogP contribution in [0.25, 0.3) is 0 Å². The highest BCUT2D eigenvalue weighted by molar-refractivity contribution is 7.47. The second kappa shape index (κ2) is 60.1. The highest BCUT2D eigenvalue weighted by Crippen LogP contribution is 2.43. The van der Waals surface area contributed by atoms with Crippen LogP contribution in [0.4, 0.5) is 0 Å². The molecule has 9 nitrogen and oxygen atoms in total. The van der Waals surface area contributed by atoms with Gasteiger partial charge in [0.15, 0.2) is 0 Å². The number of quaternary nitrogens is 1. The summed E-state index contributed by atoms with van der Waals surface area (Å²) in [6.07, 6.45) is 81.3. The molecule has 2 N–H and O–H groups in total. The number of ether oxygens (including phenoxy) is 1. The Morgan fingerprint density at radius 3 is 1.22 bits per heavy atom. The van der Waals surface area contributed by atoms with Crippen LogP contribution in [0, 0.1) is 0 Å². The van der Waals surface area contributed by atoms with Gasteiger partial charge in [0.25, 0.3) is 0 Å². The van der Waals surface area contributed by atoms with E-state index in [9.17, 15) is 19.0 Å². The predicted molar refractivity (Wildman–Crippen MR) is 350 cm³/mol. The molecule has 0 aliphatic heterocycles. The molecule has 3 atom stereocenters. The van der Waals surface area contributed by atoms with Gasteiger partial charge in [-0.2, -0.15) is 0 Å². The van der Waals surface area contributed by atoms with Crippen molar-refractivity contribution in [3.05, 3.63) is 97.2 Å². The van der Waals surface area contributed by atoms with Gasteiger partial charge in [0.1, 0.15) is 19.3 Å². The van der Waals surface area contributed by atoms with Crippen molar-refractivity contribution >= 4 is 19.7 Å². The molecule has 0 radical (unpaired) electrons. The molecular weight excluding hydrogens is 1020 g/mol. The Labute approximate surface area is 500 Å². The fourth-order valence-corrected chi connectivity index (χ4v) is 10.1. The normalized spacial score (nSPS) is 14.2. The molecule has 0 saturated carbocycles. The van der Waals surface area contributed by atoms with Crippen LogP contribution < -0.4 is 5.32 Å². The van der Waals surface area contributed by atoms with E-state index < -0.39 is 20.0 Å². The van der Waals surface area contributed by atoms with E-state index in [-0.39, 0.29) is 31.5 Å². The number of phosphoric ester groups is 1. The Morgan fingerprint density at radius 2 is 0.790 bits per heavy atom. The number of likely N-dealkylation sites (N-methyl/N-ethyl adjacent to an activating group) is 1. The van der Waals surface area contributed by atoms with Crippen LogP contribution in [-0.4, -0.2) is 74.3 Å². The number of nitrogens with zero attached hydrogens (tertiary/aromatic N) is 1. The summed E-state index contributed by atoms with van der Waals surface area (Å²) < 4.78 is 30.7. The molecule has 10 heteroatoms. The van der Waals surface area contributed by atoms with Crippen molar-refractivity contribution in [2.75, 3.05) is 40.9 Å². The van der Waals surface area contributed by atoms with E-state index in [1.54, 1.807) is 0 Å². The molecule has 468 valence electrons. The molecule has 81 heavy (non-hydrogen) atoms. The van der Waals surface area contributed by atoms with Gasteiger partial charge in [0.05, 0.1) is 33.8 Å². The first kappa shape index (κ1) is 77.9. The summed E-state index contributed by atoms with van der Waals surface area (Å²) in [5, 5.41) is 3.04. The number of amides is 1. The highest BCUT2D eigenvalue weighted by atomic mass is 31.2. The summed E-state index contributed by atoms with van der Waals surface area (Å²) in [7, 11) is 1.47. The maximum Gasteiger partial charge on any atom is 0.472 e. The van der Waals surface area contributed by atoms with E-state index in [2.05, 4.69) is 111 Å². The van der Waals surface area contributed by atoms with E-state index >= 15 is 0 Å². The Bertz CT molecular complexity index is 1710. The summed E-state index contributed by atoms with van der Waals surface area (Å²) in [4.78, 5) is 37.8. The first-order valence-corrected chi connectivity index (χ1v) is 35.1. The van der Waals surface area contributed by atoms with Crippen LogP contribution in [0.5, 0.6) is 0 Å². The van der Waals surface area contributed by atoms with Gasteiger partial charge < -0.3 is 19.4 Å². The number of esters is 1. The monoisotopic (exact) mass is 1150 g/mol. The van der Waals surface area contributed by atoms with E-state index in [0.29, 0.717) is 23.9 Å². The molecule has 0 saturated heterocycles. The quantitative estimate of drug-likeness (QED) is 0.0205. The van der Waals surface area contributed by atoms with Crippen LogP contribution in [0.2, 0.25) is 0 Å². The van der Waals surface area contributed by atoms with Gasteiger partial charge in [0, 0.05) is 12.8 Å². The Morgan fingerprint density at radius 1 is 0.444 bits per heavy atom. The summed E-state index contributed by atoms with van der Waals surface area (Å²) in [6, 6.07) is -0.870. The van der Waals surface area contributed by atoms with E-state index in [1.807, 2.05) is 33.3 Å². The molecule has 1 amide bonds. The Balaban J connectivity index is 5.09. The lowest BCUT2D eigenvalue weighted by Gasteiger charge is -2.27. The summed E-state index contributed by atoms with van der Waals surface area (Å²) in [5.74, 6) is -0.541. The number of phosphoric acid groups is 1. The zero-order valence-corrected chi connectivity index (χ0v) is 54.4. The van der Waals surface area contributed by atoms with Crippen molar-refractivity contribution in [2.24, 2.45) is 0 Å². The van der Waals surface area contributed by atoms with Crippen LogP contribution in [0.3, 0.4) is 0 Å². The zero-order chi connectivity index (χ0) is 59.3. The standard InChI is InChI=1S/C71H127N2O7P/c1-7-10-13-16-19-22-25-28-30-32-33-34-35-36-37-38-39-40-41-42-44-46-49-52-55-58-61-64-71(75)80-69(62-59-56-53-50-47-27-24-21-18-15-12-9-3)68(67-79-81(76,77)78-66-65-73(4,5)6)72-70(74)63-60-57-54-51-48-45-43-31-29-26-23-20-17-14-11-8-2/h11,14,19-20,22-23,28-31,33-34,45,48,59,62,68-69H,7-10,12-13,15-18,21,24-27,32,35-44,46-47,49-58,60-61,63-67H2,1-6H3,(H-,72,74,76,77)/p+1/b14-11+,22-19-,23-20+,30-28-,31-29+,34-33-,48-45+,62-59-. The molecule has 0 heterocycles. The lowest BCUT2D eigenvalue weighted by Crippen LogP contribution is -2.47. The Hall–Kier alpha value is -3.07. The lowest BCUT2D eigenvalue weighted by molar-refractivity contribution is -0.870. The second-order valence-corrected chi connectivity index (χ2v) is 25.1. The van der Waals surface area contributed by atoms with Gasteiger partial charge in [-0.15, -0.1) is 0 Å². The molecule has 0 aliphatic rings. The molecule has 0 aromatic carbocycles. The van der Waals surface area contributed by atoms with Crippen molar-refractivity contribution in [2.45, 2.75) is 303 Å². The number of carbonyl (C=O) groups excluding carboxylic acids is 2. The number of rotatable bonds is 60. The van der Waals surface area contributed by atoms with Crippen molar-refractivity contribution in [1.82, 2.24) is 5.32 Å². The molecular formula is C71H128N2O7P+. The first-order chi connectivity index (χ1) is 39.4. The summed E-state index contributed by atoms with van der Waals surface area (Å²) >= 11 is 0. The Kier molecular flexibility index (Phi) is 57.8. The fourth-order valence-electron chi connectivity index (χ4n) is 9.35. The van der Waals surface area contributed by atoms with E-state index in [1.165, 1.54) is 154 Å². The zero-order valence-electron chi connectivity index (χ0n) is 53.5. The lowest BCUT2D eigenvalue weighted by atomic mass is 10.0. The minimum atomic E-state index is -4.46. The van der Waals surface area contributed by atoms with Crippen molar-refractivity contribution in [1.29, 1.82) is 0 Å². The van der Waals surface area contributed by atoms with E-state index in [4.69, 9.17) is 13.8 Å². The average molecular weight is 1150 g/mol. The van der Waals surface area contributed by atoms with Gasteiger partial charge in [-0.3, -0.25) is 18.6 Å². The number of hydrogen-bond acceptors (Lipinski definition) is 6. The molecule has 0 aliphatic carbocycles. The van der Waals surface area contributed by atoms with Gasteiger partial charge in [-0.05, 0) is 109 Å². The van der Waals surface area contributed by atoms with Crippen molar-refractivity contribution < 1.29 is 37.3 Å². The van der Waals surface area contributed by atoms with Crippen LogP contribution >= 0.6 is 7.82 Å². The summed E-state index contributed by atoms with van der Waals surface area (Å²) in [6.45, 7) is 6.85. The SMILES string of the molecule is CC/C=C/C/C=C/C/C=C/C/C=C/CCCCCC(=O)NC(COP(=O)(O)OCC[N+](C)(C)C)C(/C=C\CCCCCCCCCCCC)OC(=O)CCCCCCCCCCCCCCCC/C=C\C/C=C\C/C=C\CCCCC. The van der Waals surface area contributed by atoms with Crippen molar-refractivity contribution in [3.63, 3.8) is 0 Å². The maximum absolute atomic E-state index is 13.5. The highest BCUT2D eigenvalue weighted by Gasteiger charge is 2.30. The second-order valence-electron chi connectivity index (χ2n) is 23.6. The predicted octanol–water partition coefficient (Wildman–Crippen LogP) is 21.1. The van der Waals surface area contributed by atoms with Crippen LogP contribution in [0.15, 0.2) is 97.2 Å². The average Bonchev–Trinajstić information content (AvgIpc) is 3.44. The third-order valence-electron chi connectivity index (χ3n) is 14.5.